The molecule has 0 aromatic heterocycles. The summed E-state index contributed by atoms with van der Waals surface area (Å²) >= 11 is 0. The van der Waals surface area contributed by atoms with Gasteiger partial charge in [0.2, 0.25) is 5.91 Å². The van der Waals surface area contributed by atoms with Crippen LogP contribution < -0.4 is 15.0 Å². The van der Waals surface area contributed by atoms with E-state index in [9.17, 15) is 9.18 Å². The van der Waals surface area contributed by atoms with Gasteiger partial charge >= 0.3 is 0 Å². The third-order valence-corrected chi connectivity index (χ3v) is 3.98. The molecular weight excluding hydrogens is 295 g/mol. The van der Waals surface area contributed by atoms with Crippen molar-refractivity contribution < 1.29 is 13.9 Å². The summed E-state index contributed by atoms with van der Waals surface area (Å²) in [6.07, 6.45) is 1.95. The van der Waals surface area contributed by atoms with Crippen molar-refractivity contribution in [1.82, 2.24) is 0 Å². The Bertz CT molecular complexity index is 718. The van der Waals surface area contributed by atoms with E-state index >= 15 is 0 Å². The fourth-order valence-corrected chi connectivity index (χ4v) is 2.87. The summed E-state index contributed by atoms with van der Waals surface area (Å²) in [7, 11) is 1.64. The number of hydrogen-bond acceptors (Lipinski definition) is 3. The summed E-state index contributed by atoms with van der Waals surface area (Å²) in [4.78, 5) is 14.2. The molecule has 1 aliphatic heterocycles. The SMILES string of the molecule is COc1ccc2c(c1)CCCN2CC(=O)Nc1ccccc1F. The molecule has 0 atom stereocenters. The number of benzene rings is 2. The Hall–Kier alpha value is -2.56. The standard InChI is InChI=1S/C18H19FN2O2/c1-23-14-8-9-17-13(11-14)5-4-10-21(17)12-18(22)20-16-7-3-2-6-15(16)19/h2-3,6-9,11H,4-5,10,12H2,1H3,(H,20,22). The van der Waals surface area contributed by atoms with Crippen molar-refractivity contribution in [2.75, 3.05) is 30.4 Å². The summed E-state index contributed by atoms with van der Waals surface area (Å²) in [5.74, 6) is 0.171. The summed E-state index contributed by atoms with van der Waals surface area (Å²) < 4.78 is 18.9. The first kappa shape index (κ1) is 15.3. The van der Waals surface area contributed by atoms with E-state index in [4.69, 9.17) is 4.74 Å². The number of rotatable bonds is 4. The first-order valence-corrected chi connectivity index (χ1v) is 7.63. The zero-order valence-corrected chi connectivity index (χ0v) is 13.0. The molecule has 2 aromatic carbocycles. The van der Waals surface area contributed by atoms with Crippen LogP contribution in [0, 0.1) is 5.82 Å². The number of aryl methyl sites for hydroxylation is 1. The molecule has 0 aliphatic carbocycles. The van der Waals surface area contributed by atoms with Crippen LogP contribution in [0.25, 0.3) is 0 Å². The maximum absolute atomic E-state index is 13.6. The van der Waals surface area contributed by atoms with Crippen LogP contribution in [0.4, 0.5) is 15.8 Å². The second-order valence-corrected chi connectivity index (χ2v) is 5.55. The number of methoxy groups -OCH3 is 1. The van der Waals surface area contributed by atoms with Crippen LogP contribution >= 0.6 is 0 Å². The van der Waals surface area contributed by atoms with Crippen molar-refractivity contribution in [3.05, 3.63) is 53.8 Å². The van der Waals surface area contributed by atoms with Crippen LogP contribution in [0.5, 0.6) is 5.75 Å². The fourth-order valence-electron chi connectivity index (χ4n) is 2.87. The number of amides is 1. The van der Waals surface area contributed by atoms with Crippen molar-refractivity contribution in [1.29, 1.82) is 0 Å². The van der Waals surface area contributed by atoms with Gasteiger partial charge in [-0.15, -0.1) is 0 Å². The molecular formula is C18H19FN2O2. The van der Waals surface area contributed by atoms with Crippen molar-refractivity contribution in [2.24, 2.45) is 0 Å². The predicted octanol–water partition coefficient (Wildman–Crippen LogP) is 3.23. The highest BCUT2D eigenvalue weighted by atomic mass is 19.1. The summed E-state index contributed by atoms with van der Waals surface area (Å²) in [5, 5.41) is 2.63. The van der Waals surface area contributed by atoms with E-state index in [1.165, 1.54) is 11.6 Å². The number of hydrogen-bond donors (Lipinski definition) is 1. The van der Waals surface area contributed by atoms with Gasteiger partial charge in [-0.05, 0) is 48.7 Å². The molecule has 0 fully saturated rings. The molecule has 0 bridgehead atoms. The van der Waals surface area contributed by atoms with E-state index in [0.717, 1.165) is 30.8 Å². The maximum Gasteiger partial charge on any atom is 0.243 e. The third-order valence-electron chi connectivity index (χ3n) is 3.98. The number of anilines is 2. The first-order chi connectivity index (χ1) is 11.2. The number of ether oxygens (including phenoxy) is 1. The van der Waals surface area contributed by atoms with E-state index in [1.807, 2.05) is 23.1 Å². The minimum absolute atomic E-state index is 0.202. The molecule has 0 radical (unpaired) electrons. The maximum atomic E-state index is 13.6. The molecule has 1 N–H and O–H groups in total. The minimum atomic E-state index is -0.426. The highest BCUT2D eigenvalue weighted by Gasteiger charge is 2.20. The number of nitrogens with zero attached hydrogens (tertiary/aromatic N) is 1. The van der Waals surface area contributed by atoms with E-state index in [1.54, 1.807) is 25.3 Å². The van der Waals surface area contributed by atoms with Crippen LogP contribution in [-0.4, -0.2) is 26.1 Å². The molecule has 1 amide bonds. The number of carbonyl (C=O) groups is 1. The monoisotopic (exact) mass is 314 g/mol. The summed E-state index contributed by atoms with van der Waals surface area (Å²) in [5.41, 5.74) is 2.43. The van der Waals surface area contributed by atoms with Crippen LogP contribution in [0.2, 0.25) is 0 Å². The predicted molar refractivity (Wildman–Crippen MR) is 88.6 cm³/mol. The highest BCUT2D eigenvalue weighted by Crippen LogP contribution is 2.30. The van der Waals surface area contributed by atoms with Gasteiger partial charge < -0.3 is 15.0 Å². The lowest BCUT2D eigenvalue weighted by molar-refractivity contribution is -0.115. The number of fused-ring (bicyclic) bond motifs is 1. The molecule has 0 spiro atoms. The van der Waals surface area contributed by atoms with E-state index in [0.29, 0.717) is 0 Å². The van der Waals surface area contributed by atoms with Crippen molar-refractivity contribution in [2.45, 2.75) is 12.8 Å². The number of halogens is 1. The molecule has 0 saturated heterocycles. The lowest BCUT2D eigenvalue weighted by Gasteiger charge is -2.31. The first-order valence-electron chi connectivity index (χ1n) is 7.63. The van der Waals surface area contributed by atoms with Gasteiger partial charge in [-0.1, -0.05) is 12.1 Å². The molecule has 5 heteroatoms. The topological polar surface area (TPSA) is 41.6 Å². The van der Waals surface area contributed by atoms with Crippen LogP contribution in [0.1, 0.15) is 12.0 Å². The average Bonchev–Trinajstić information content (AvgIpc) is 2.56. The molecule has 0 saturated carbocycles. The Kier molecular flexibility index (Phi) is 4.46. The van der Waals surface area contributed by atoms with Crippen LogP contribution in [-0.2, 0) is 11.2 Å². The lowest BCUT2D eigenvalue weighted by atomic mass is 10.0. The smallest absolute Gasteiger partial charge is 0.243 e. The Morgan fingerprint density at radius 3 is 2.91 bits per heavy atom. The molecule has 1 heterocycles. The lowest BCUT2D eigenvalue weighted by Crippen LogP contribution is -2.36. The van der Waals surface area contributed by atoms with Gasteiger partial charge in [0.05, 0.1) is 19.3 Å². The van der Waals surface area contributed by atoms with Gasteiger partial charge in [0, 0.05) is 12.2 Å². The van der Waals surface area contributed by atoms with E-state index < -0.39 is 5.82 Å². The zero-order valence-electron chi connectivity index (χ0n) is 13.0. The zero-order chi connectivity index (χ0) is 16.2. The molecule has 2 aromatic rings. The van der Waals surface area contributed by atoms with Crippen LogP contribution in [0.15, 0.2) is 42.5 Å². The molecule has 1 aliphatic rings. The molecule has 23 heavy (non-hydrogen) atoms. The van der Waals surface area contributed by atoms with Crippen LogP contribution in [0.3, 0.4) is 0 Å². The molecule has 4 nitrogen and oxygen atoms in total. The number of para-hydroxylation sites is 1. The van der Waals surface area contributed by atoms with Gasteiger partial charge in [-0.2, -0.15) is 0 Å². The minimum Gasteiger partial charge on any atom is -0.497 e. The van der Waals surface area contributed by atoms with Gasteiger partial charge in [0.15, 0.2) is 0 Å². The number of nitrogens with one attached hydrogen (secondary N) is 1. The average molecular weight is 314 g/mol. The second-order valence-electron chi connectivity index (χ2n) is 5.55. The van der Waals surface area contributed by atoms with E-state index in [-0.39, 0.29) is 18.1 Å². The van der Waals surface area contributed by atoms with Crippen molar-refractivity contribution in [3.8, 4) is 5.75 Å². The van der Waals surface area contributed by atoms with Crippen molar-refractivity contribution >= 4 is 17.3 Å². The number of carbonyl (C=O) groups excluding carboxylic acids is 1. The quantitative estimate of drug-likeness (QED) is 0.942. The third kappa shape index (κ3) is 3.44. The van der Waals surface area contributed by atoms with Gasteiger partial charge in [0.25, 0.3) is 0 Å². The molecule has 0 unspecified atom stereocenters. The Balaban J connectivity index is 1.72. The van der Waals surface area contributed by atoms with Gasteiger partial charge in [0.1, 0.15) is 11.6 Å². The Labute approximate surface area is 134 Å². The second kappa shape index (κ2) is 6.69. The van der Waals surface area contributed by atoms with Gasteiger partial charge in [-0.3, -0.25) is 4.79 Å². The highest BCUT2D eigenvalue weighted by molar-refractivity contribution is 5.94. The van der Waals surface area contributed by atoms with Gasteiger partial charge in [-0.25, -0.2) is 4.39 Å². The summed E-state index contributed by atoms with van der Waals surface area (Å²) in [6.45, 7) is 1.01. The fraction of sp³-hybridized carbons (Fsp3) is 0.278. The molecule has 120 valence electrons. The normalized spacial score (nSPS) is 13.4. The van der Waals surface area contributed by atoms with E-state index in [2.05, 4.69) is 5.32 Å². The molecule has 3 rings (SSSR count). The van der Waals surface area contributed by atoms with Crippen molar-refractivity contribution in [3.63, 3.8) is 0 Å². The summed E-state index contributed by atoms with van der Waals surface area (Å²) in [6, 6.07) is 12.1. The Morgan fingerprint density at radius 1 is 1.30 bits per heavy atom. The Morgan fingerprint density at radius 2 is 2.13 bits per heavy atom. The largest absolute Gasteiger partial charge is 0.497 e.